The topological polar surface area (TPSA) is 99.9 Å². The van der Waals surface area contributed by atoms with Crippen LogP contribution in [0.2, 0.25) is 0 Å². The molecule has 2 aliphatic rings. The molecule has 2 unspecified atom stereocenters. The Hall–Kier alpha value is -3.94. The lowest BCUT2D eigenvalue weighted by atomic mass is 9.79. The maximum absolute atomic E-state index is 13.6. The number of hydrogen-bond donors (Lipinski definition) is 2. The fourth-order valence-corrected chi connectivity index (χ4v) is 5.56. The molecule has 1 aliphatic heterocycles. The van der Waals surface area contributed by atoms with E-state index in [0.717, 1.165) is 52.5 Å². The molecule has 0 amide bonds. The highest BCUT2D eigenvalue weighted by molar-refractivity contribution is 6.06. The summed E-state index contributed by atoms with van der Waals surface area (Å²) in [6.07, 6.45) is 3.79. The molecule has 2 N–H and O–H groups in total. The van der Waals surface area contributed by atoms with Gasteiger partial charge < -0.3 is 14.6 Å². The number of rotatable bonds is 5. The zero-order chi connectivity index (χ0) is 23.5. The van der Waals surface area contributed by atoms with Gasteiger partial charge in [0.25, 0.3) is 0 Å². The summed E-state index contributed by atoms with van der Waals surface area (Å²) in [6, 6.07) is 15.8. The average molecular weight is 467 g/mol. The number of nitrogens with one attached hydrogen (secondary N) is 2. The van der Waals surface area contributed by atoms with Gasteiger partial charge in [-0.05, 0) is 50.5 Å². The SMILES string of the molecule is Cc1nc(N2CC(Nc3n[nH]c4ccccc34)CC2C(=O)C2CCC2)c2oc3ccccc3c2n1. The number of aromatic amines is 1. The molecule has 1 saturated heterocycles. The fraction of sp³-hybridized carbons (Fsp3) is 0.333. The van der Waals surface area contributed by atoms with Gasteiger partial charge in [0.1, 0.15) is 16.9 Å². The first-order chi connectivity index (χ1) is 17.2. The van der Waals surface area contributed by atoms with Crippen LogP contribution in [-0.2, 0) is 4.79 Å². The lowest BCUT2D eigenvalue weighted by Crippen LogP contribution is -2.42. The molecule has 7 rings (SSSR count). The van der Waals surface area contributed by atoms with Crippen LogP contribution in [0.15, 0.2) is 52.9 Å². The minimum atomic E-state index is -0.256. The van der Waals surface area contributed by atoms with Crippen LogP contribution >= 0.6 is 0 Å². The third kappa shape index (κ3) is 3.27. The van der Waals surface area contributed by atoms with Crippen molar-refractivity contribution in [2.24, 2.45) is 5.92 Å². The van der Waals surface area contributed by atoms with E-state index in [2.05, 4.69) is 26.5 Å². The van der Waals surface area contributed by atoms with E-state index in [9.17, 15) is 4.79 Å². The van der Waals surface area contributed by atoms with Crippen LogP contribution in [-0.4, -0.2) is 44.6 Å². The van der Waals surface area contributed by atoms with E-state index in [-0.39, 0.29) is 18.0 Å². The van der Waals surface area contributed by atoms with Gasteiger partial charge in [-0.3, -0.25) is 9.89 Å². The Morgan fingerprint density at radius 3 is 2.71 bits per heavy atom. The van der Waals surface area contributed by atoms with E-state index in [1.165, 1.54) is 0 Å². The number of para-hydroxylation sites is 2. The minimum absolute atomic E-state index is 0.0467. The molecule has 1 saturated carbocycles. The molecule has 35 heavy (non-hydrogen) atoms. The molecule has 176 valence electrons. The average Bonchev–Trinajstić information content (AvgIpc) is 3.53. The number of nitrogens with zero attached hydrogens (tertiary/aromatic N) is 4. The van der Waals surface area contributed by atoms with Gasteiger partial charge in [-0.2, -0.15) is 5.10 Å². The molecule has 2 fully saturated rings. The Morgan fingerprint density at radius 1 is 1.09 bits per heavy atom. The van der Waals surface area contributed by atoms with E-state index in [0.29, 0.717) is 36.0 Å². The zero-order valence-corrected chi connectivity index (χ0v) is 19.5. The summed E-state index contributed by atoms with van der Waals surface area (Å²) in [4.78, 5) is 25.3. The molecular formula is C27H26N6O2. The molecule has 2 aromatic carbocycles. The Labute approximate surface area is 201 Å². The number of ketones is 1. The van der Waals surface area contributed by atoms with Gasteiger partial charge in [-0.1, -0.05) is 30.7 Å². The van der Waals surface area contributed by atoms with Crippen molar-refractivity contribution in [2.45, 2.75) is 44.7 Å². The maximum atomic E-state index is 13.6. The van der Waals surface area contributed by atoms with Gasteiger partial charge in [0.15, 0.2) is 23.0 Å². The highest BCUT2D eigenvalue weighted by Gasteiger charge is 2.43. The van der Waals surface area contributed by atoms with E-state index in [1.807, 2.05) is 49.4 Å². The van der Waals surface area contributed by atoms with E-state index in [1.54, 1.807) is 0 Å². The Kier molecular flexibility index (Phi) is 4.55. The number of benzene rings is 2. The van der Waals surface area contributed by atoms with Crippen LogP contribution in [0.4, 0.5) is 11.6 Å². The Morgan fingerprint density at radius 2 is 1.89 bits per heavy atom. The first-order valence-corrected chi connectivity index (χ1v) is 12.3. The van der Waals surface area contributed by atoms with Crippen LogP contribution in [0, 0.1) is 12.8 Å². The number of anilines is 2. The van der Waals surface area contributed by atoms with Gasteiger partial charge in [0, 0.05) is 29.3 Å². The zero-order valence-electron chi connectivity index (χ0n) is 19.5. The third-order valence-corrected chi connectivity index (χ3v) is 7.53. The van der Waals surface area contributed by atoms with Crippen molar-refractivity contribution in [1.29, 1.82) is 0 Å². The summed E-state index contributed by atoms with van der Waals surface area (Å²) < 4.78 is 6.26. The lowest BCUT2D eigenvalue weighted by molar-refractivity contribution is -0.126. The lowest BCUT2D eigenvalue weighted by Gasteiger charge is -2.31. The van der Waals surface area contributed by atoms with Gasteiger partial charge in [0.05, 0.1) is 11.6 Å². The molecule has 4 heterocycles. The number of furan rings is 1. The number of aryl methyl sites for hydroxylation is 1. The van der Waals surface area contributed by atoms with Crippen LogP contribution in [0.5, 0.6) is 0 Å². The fourth-order valence-electron chi connectivity index (χ4n) is 5.56. The summed E-state index contributed by atoms with van der Waals surface area (Å²) in [5.74, 6) is 2.64. The van der Waals surface area contributed by atoms with Crippen LogP contribution in [0.25, 0.3) is 33.0 Å². The monoisotopic (exact) mass is 466 g/mol. The quantitative estimate of drug-likeness (QED) is 0.376. The molecule has 0 spiro atoms. The van der Waals surface area contributed by atoms with Crippen molar-refractivity contribution in [2.75, 3.05) is 16.8 Å². The van der Waals surface area contributed by atoms with Gasteiger partial charge in [-0.15, -0.1) is 0 Å². The van der Waals surface area contributed by atoms with E-state index < -0.39 is 0 Å². The van der Waals surface area contributed by atoms with Crippen molar-refractivity contribution in [3.8, 4) is 0 Å². The number of hydrogen-bond acceptors (Lipinski definition) is 7. The summed E-state index contributed by atoms with van der Waals surface area (Å²) in [6.45, 7) is 2.53. The molecular weight excluding hydrogens is 440 g/mol. The summed E-state index contributed by atoms with van der Waals surface area (Å²) in [5, 5.41) is 13.2. The van der Waals surface area contributed by atoms with Gasteiger partial charge in [-0.25, -0.2) is 9.97 Å². The number of carbonyl (C=O) groups excluding carboxylic acids is 1. The molecule has 2 atom stereocenters. The largest absolute Gasteiger partial charge is 0.450 e. The van der Waals surface area contributed by atoms with E-state index >= 15 is 0 Å². The van der Waals surface area contributed by atoms with Crippen molar-refractivity contribution in [1.82, 2.24) is 20.2 Å². The molecule has 0 radical (unpaired) electrons. The summed E-state index contributed by atoms with van der Waals surface area (Å²) in [5.41, 5.74) is 3.21. The highest BCUT2D eigenvalue weighted by atomic mass is 16.3. The van der Waals surface area contributed by atoms with Crippen molar-refractivity contribution < 1.29 is 9.21 Å². The second-order valence-electron chi connectivity index (χ2n) is 9.76. The Balaban J connectivity index is 1.30. The molecule has 8 heteroatoms. The van der Waals surface area contributed by atoms with Crippen LogP contribution < -0.4 is 10.2 Å². The maximum Gasteiger partial charge on any atom is 0.196 e. The van der Waals surface area contributed by atoms with Crippen molar-refractivity contribution >= 4 is 50.4 Å². The van der Waals surface area contributed by atoms with Crippen LogP contribution in [0.1, 0.15) is 31.5 Å². The first kappa shape index (κ1) is 20.4. The van der Waals surface area contributed by atoms with Crippen molar-refractivity contribution in [3.63, 3.8) is 0 Å². The van der Waals surface area contributed by atoms with Crippen molar-refractivity contribution in [3.05, 3.63) is 54.4 Å². The third-order valence-electron chi connectivity index (χ3n) is 7.53. The van der Waals surface area contributed by atoms with Gasteiger partial charge >= 0.3 is 0 Å². The Bertz CT molecular complexity index is 1580. The number of fused-ring (bicyclic) bond motifs is 4. The van der Waals surface area contributed by atoms with Crippen LogP contribution in [0.3, 0.4) is 0 Å². The standard InChI is InChI=1S/C27H26N6O2/c1-15-28-23-19-10-3-5-12-22(19)35-25(23)27(29-15)33-14-17(13-21(33)24(34)16-7-6-8-16)30-26-18-9-2-4-11-20(18)31-32-26/h2-5,9-12,16-17,21H,6-8,13-14H2,1H3,(H2,30,31,32). The smallest absolute Gasteiger partial charge is 0.196 e. The molecule has 8 nitrogen and oxygen atoms in total. The number of Topliss-reactive ketones (excluding diaryl/α,β-unsaturated/α-hetero) is 1. The summed E-state index contributed by atoms with van der Waals surface area (Å²) in [7, 11) is 0. The predicted molar refractivity (Wildman–Crippen MR) is 136 cm³/mol. The van der Waals surface area contributed by atoms with Gasteiger partial charge in [0.2, 0.25) is 0 Å². The normalized spacial score (nSPS) is 20.7. The number of H-pyrrole nitrogens is 1. The minimum Gasteiger partial charge on any atom is -0.450 e. The molecule has 0 bridgehead atoms. The number of carbonyl (C=O) groups is 1. The predicted octanol–water partition coefficient (Wildman–Crippen LogP) is 4.99. The first-order valence-electron chi connectivity index (χ1n) is 12.3. The number of aromatic nitrogens is 4. The molecule has 1 aliphatic carbocycles. The molecule has 5 aromatic rings. The highest BCUT2D eigenvalue weighted by Crippen LogP contribution is 2.39. The summed E-state index contributed by atoms with van der Waals surface area (Å²) >= 11 is 0. The second kappa shape index (κ2) is 7.80. The van der Waals surface area contributed by atoms with E-state index in [4.69, 9.17) is 14.4 Å². The molecule has 3 aromatic heterocycles. The second-order valence-corrected chi connectivity index (χ2v) is 9.76.